The lowest BCUT2D eigenvalue weighted by atomic mass is 10.0. The number of nitrogens with zero attached hydrogens (tertiary/aromatic N) is 1. The molecular formula is C15H21NO4. The molecule has 0 aliphatic carbocycles. The lowest BCUT2D eigenvalue weighted by Crippen LogP contribution is -2.44. The summed E-state index contributed by atoms with van der Waals surface area (Å²) >= 11 is 0. The van der Waals surface area contributed by atoms with Gasteiger partial charge >= 0.3 is 0 Å². The minimum atomic E-state index is -0.639. The Morgan fingerprint density at radius 1 is 1.25 bits per heavy atom. The van der Waals surface area contributed by atoms with Crippen LogP contribution in [0.5, 0.6) is 11.5 Å². The highest BCUT2D eigenvalue weighted by Crippen LogP contribution is 2.34. The Morgan fingerprint density at radius 3 is 2.85 bits per heavy atom. The van der Waals surface area contributed by atoms with Crippen molar-refractivity contribution in [3.05, 3.63) is 23.8 Å². The van der Waals surface area contributed by atoms with E-state index in [1.54, 1.807) is 0 Å². The third kappa shape index (κ3) is 2.75. The Labute approximate surface area is 119 Å². The highest BCUT2D eigenvalue weighted by molar-refractivity contribution is 5.44. The van der Waals surface area contributed by atoms with Crippen LogP contribution in [0.4, 0.5) is 0 Å². The van der Waals surface area contributed by atoms with Crippen molar-refractivity contribution in [1.29, 1.82) is 0 Å². The number of fused-ring (bicyclic) bond motifs is 1. The van der Waals surface area contributed by atoms with Gasteiger partial charge in [0, 0.05) is 13.1 Å². The molecule has 0 saturated carbocycles. The molecule has 1 aromatic rings. The molecule has 2 atom stereocenters. The first-order valence-corrected chi connectivity index (χ1v) is 7.19. The molecule has 0 radical (unpaired) electrons. The Morgan fingerprint density at radius 2 is 2.05 bits per heavy atom. The molecule has 110 valence electrons. The normalized spacial score (nSPS) is 24.4. The average molecular weight is 279 g/mol. The zero-order valence-corrected chi connectivity index (χ0v) is 11.7. The Kier molecular flexibility index (Phi) is 4.10. The monoisotopic (exact) mass is 279 g/mol. The van der Waals surface area contributed by atoms with Gasteiger partial charge in [0.05, 0.1) is 6.61 Å². The summed E-state index contributed by atoms with van der Waals surface area (Å²) in [7, 11) is 0. The van der Waals surface area contributed by atoms with E-state index < -0.39 is 6.10 Å². The number of hydrogen-bond acceptors (Lipinski definition) is 5. The van der Waals surface area contributed by atoms with Crippen LogP contribution in [0.3, 0.4) is 0 Å². The number of likely N-dealkylation sites (N-methyl/N-ethyl adjacent to an activating group) is 1. The minimum Gasteiger partial charge on any atom is -0.486 e. The van der Waals surface area contributed by atoms with E-state index in [1.807, 2.05) is 18.2 Å². The smallest absolute Gasteiger partial charge is 0.161 e. The van der Waals surface area contributed by atoms with Gasteiger partial charge in [-0.3, -0.25) is 4.90 Å². The van der Waals surface area contributed by atoms with E-state index in [1.165, 1.54) is 0 Å². The molecule has 2 heterocycles. The quantitative estimate of drug-likeness (QED) is 0.901. The van der Waals surface area contributed by atoms with E-state index in [0.717, 1.165) is 30.9 Å². The van der Waals surface area contributed by atoms with Crippen molar-refractivity contribution in [2.24, 2.45) is 0 Å². The summed E-state index contributed by atoms with van der Waals surface area (Å²) < 4.78 is 16.8. The fourth-order valence-corrected chi connectivity index (χ4v) is 2.67. The standard InChI is InChI=1S/C15H21NO4/c1-2-16-5-6-18-14(10-16)15(17)11-3-4-12-13(9-11)20-8-7-19-12/h3-4,9,14-15,17H,2,5-8,10H2,1H3. The molecule has 2 aliphatic heterocycles. The third-order valence-corrected chi connectivity index (χ3v) is 3.88. The molecule has 2 aliphatic rings. The Bertz CT molecular complexity index is 465. The van der Waals surface area contributed by atoms with Crippen LogP contribution in [0.15, 0.2) is 18.2 Å². The average Bonchev–Trinajstić information content (AvgIpc) is 2.53. The molecule has 2 unspecified atom stereocenters. The predicted molar refractivity (Wildman–Crippen MR) is 74.2 cm³/mol. The summed E-state index contributed by atoms with van der Waals surface area (Å²) in [5, 5.41) is 10.5. The molecule has 3 rings (SSSR count). The highest BCUT2D eigenvalue weighted by atomic mass is 16.6. The summed E-state index contributed by atoms with van der Waals surface area (Å²) in [6, 6.07) is 5.59. The van der Waals surface area contributed by atoms with E-state index in [0.29, 0.717) is 25.6 Å². The van der Waals surface area contributed by atoms with Crippen LogP contribution < -0.4 is 9.47 Å². The molecule has 1 fully saturated rings. The van der Waals surface area contributed by atoms with Gasteiger partial charge in [0.2, 0.25) is 0 Å². The largest absolute Gasteiger partial charge is 0.486 e. The number of morpholine rings is 1. The lowest BCUT2D eigenvalue weighted by molar-refractivity contribution is -0.0889. The van der Waals surface area contributed by atoms with Gasteiger partial charge in [0.1, 0.15) is 25.4 Å². The molecule has 0 spiro atoms. The molecule has 5 nitrogen and oxygen atoms in total. The number of ether oxygens (including phenoxy) is 3. The zero-order chi connectivity index (χ0) is 13.9. The Hall–Kier alpha value is -1.30. The second kappa shape index (κ2) is 5.99. The van der Waals surface area contributed by atoms with Crippen LogP contribution in [-0.4, -0.2) is 55.6 Å². The molecule has 0 bridgehead atoms. The highest BCUT2D eigenvalue weighted by Gasteiger charge is 2.28. The number of benzene rings is 1. The molecule has 1 saturated heterocycles. The van der Waals surface area contributed by atoms with E-state index in [2.05, 4.69) is 11.8 Å². The summed E-state index contributed by atoms with van der Waals surface area (Å²) in [5.41, 5.74) is 0.817. The summed E-state index contributed by atoms with van der Waals surface area (Å²) in [5.74, 6) is 1.45. The third-order valence-electron chi connectivity index (χ3n) is 3.88. The summed E-state index contributed by atoms with van der Waals surface area (Å²) in [6.07, 6.45) is -0.827. The van der Waals surface area contributed by atoms with Crippen LogP contribution in [0.25, 0.3) is 0 Å². The number of hydrogen-bond donors (Lipinski definition) is 1. The van der Waals surface area contributed by atoms with Gasteiger partial charge in [0.25, 0.3) is 0 Å². The Balaban J connectivity index is 1.74. The van der Waals surface area contributed by atoms with Gasteiger partial charge < -0.3 is 19.3 Å². The van der Waals surface area contributed by atoms with Gasteiger partial charge in [-0.15, -0.1) is 0 Å². The van der Waals surface area contributed by atoms with Crippen LogP contribution in [0, 0.1) is 0 Å². The topological polar surface area (TPSA) is 51.2 Å². The maximum absolute atomic E-state index is 10.5. The first-order valence-electron chi connectivity index (χ1n) is 7.19. The minimum absolute atomic E-state index is 0.189. The molecule has 0 aromatic heterocycles. The van der Waals surface area contributed by atoms with Crippen LogP contribution in [-0.2, 0) is 4.74 Å². The van der Waals surface area contributed by atoms with E-state index in [4.69, 9.17) is 14.2 Å². The van der Waals surface area contributed by atoms with Crippen molar-refractivity contribution < 1.29 is 19.3 Å². The fraction of sp³-hybridized carbons (Fsp3) is 0.600. The molecule has 1 aromatic carbocycles. The number of rotatable bonds is 3. The number of aliphatic hydroxyl groups is 1. The van der Waals surface area contributed by atoms with Crippen molar-refractivity contribution in [3.8, 4) is 11.5 Å². The van der Waals surface area contributed by atoms with Crippen LogP contribution in [0.2, 0.25) is 0 Å². The van der Waals surface area contributed by atoms with Gasteiger partial charge in [-0.2, -0.15) is 0 Å². The molecule has 1 N–H and O–H groups in total. The summed E-state index contributed by atoms with van der Waals surface area (Å²) in [4.78, 5) is 2.29. The van der Waals surface area contributed by atoms with Gasteiger partial charge in [-0.1, -0.05) is 13.0 Å². The van der Waals surface area contributed by atoms with Crippen LogP contribution in [0.1, 0.15) is 18.6 Å². The molecule has 20 heavy (non-hydrogen) atoms. The van der Waals surface area contributed by atoms with E-state index in [-0.39, 0.29) is 6.10 Å². The predicted octanol–water partition coefficient (Wildman–Crippen LogP) is 1.21. The second-order valence-corrected chi connectivity index (χ2v) is 5.15. The van der Waals surface area contributed by atoms with Crippen molar-refractivity contribution in [2.75, 3.05) is 39.5 Å². The van der Waals surface area contributed by atoms with Gasteiger partial charge in [-0.25, -0.2) is 0 Å². The lowest BCUT2D eigenvalue weighted by Gasteiger charge is -2.34. The van der Waals surface area contributed by atoms with Crippen molar-refractivity contribution in [3.63, 3.8) is 0 Å². The summed E-state index contributed by atoms with van der Waals surface area (Å²) in [6.45, 7) is 6.59. The first kappa shape index (κ1) is 13.7. The SMILES string of the molecule is CCN1CCOC(C(O)c2ccc3c(c2)OCCO3)C1. The van der Waals surface area contributed by atoms with E-state index >= 15 is 0 Å². The fourth-order valence-electron chi connectivity index (χ4n) is 2.67. The van der Waals surface area contributed by atoms with Crippen molar-refractivity contribution in [1.82, 2.24) is 4.90 Å². The maximum atomic E-state index is 10.5. The molecular weight excluding hydrogens is 258 g/mol. The van der Waals surface area contributed by atoms with Gasteiger partial charge in [0.15, 0.2) is 11.5 Å². The maximum Gasteiger partial charge on any atom is 0.161 e. The number of aliphatic hydroxyl groups excluding tert-OH is 1. The van der Waals surface area contributed by atoms with Crippen molar-refractivity contribution >= 4 is 0 Å². The first-order chi connectivity index (χ1) is 9.78. The molecule has 5 heteroatoms. The van der Waals surface area contributed by atoms with E-state index in [9.17, 15) is 5.11 Å². The van der Waals surface area contributed by atoms with Gasteiger partial charge in [-0.05, 0) is 24.2 Å². The molecule has 0 amide bonds. The zero-order valence-electron chi connectivity index (χ0n) is 11.7. The van der Waals surface area contributed by atoms with Crippen LogP contribution >= 0.6 is 0 Å². The second-order valence-electron chi connectivity index (χ2n) is 5.15. The van der Waals surface area contributed by atoms with Crippen molar-refractivity contribution in [2.45, 2.75) is 19.1 Å².